The molecule has 0 N–H and O–H groups in total. The maximum atomic E-state index is 11.5. The first-order chi connectivity index (χ1) is 8.17. The van der Waals surface area contributed by atoms with Crippen molar-refractivity contribution in [2.75, 3.05) is 20.3 Å². The summed E-state index contributed by atoms with van der Waals surface area (Å²) in [7, 11) is 1.28. The summed E-state index contributed by atoms with van der Waals surface area (Å²) in [5.41, 5.74) is 0. The molecule has 0 heterocycles. The third-order valence-electron chi connectivity index (χ3n) is 2.15. The Morgan fingerprint density at radius 2 is 1.35 bits per heavy atom. The van der Waals surface area contributed by atoms with E-state index >= 15 is 0 Å². The first-order valence-corrected chi connectivity index (χ1v) is 6.03. The van der Waals surface area contributed by atoms with E-state index in [1.54, 1.807) is 0 Å². The van der Waals surface area contributed by atoms with E-state index in [0.717, 1.165) is 25.7 Å². The van der Waals surface area contributed by atoms with Gasteiger partial charge in [-0.1, -0.05) is 26.7 Å². The van der Waals surface area contributed by atoms with Gasteiger partial charge in [-0.2, -0.15) is 0 Å². The van der Waals surface area contributed by atoms with Crippen LogP contribution in [0.3, 0.4) is 0 Å². The van der Waals surface area contributed by atoms with Gasteiger partial charge in [0.05, 0.1) is 13.2 Å². The summed E-state index contributed by atoms with van der Waals surface area (Å²) in [6.45, 7) is 4.58. The van der Waals surface area contributed by atoms with Crippen LogP contribution in [0.15, 0.2) is 0 Å². The smallest absolute Gasteiger partial charge is 0.347 e. The summed E-state index contributed by atoms with van der Waals surface area (Å²) in [4.78, 5) is 23.0. The van der Waals surface area contributed by atoms with Crippen molar-refractivity contribution in [1.82, 2.24) is 0 Å². The topological polar surface area (TPSA) is 61.8 Å². The Hall–Kier alpha value is -1.10. The molecule has 0 amide bonds. The second-order valence-corrected chi connectivity index (χ2v) is 3.66. The Bertz CT molecular complexity index is 205. The van der Waals surface area contributed by atoms with Crippen molar-refractivity contribution in [2.45, 2.75) is 45.6 Å². The third kappa shape index (κ3) is 6.94. The molecule has 5 nitrogen and oxygen atoms in total. The van der Waals surface area contributed by atoms with Gasteiger partial charge in [0, 0.05) is 7.11 Å². The molecule has 5 heteroatoms. The van der Waals surface area contributed by atoms with Crippen molar-refractivity contribution in [2.24, 2.45) is 0 Å². The number of carbonyl (C=O) groups excluding carboxylic acids is 2. The van der Waals surface area contributed by atoms with Crippen molar-refractivity contribution < 1.29 is 23.8 Å². The lowest BCUT2D eigenvalue weighted by atomic mass is 10.3. The lowest BCUT2D eigenvalue weighted by Crippen LogP contribution is -2.35. The van der Waals surface area contributed by atoms with Crippen LogP contribution in [0.4, 0.5) is 0 Å². The number of esters is 2. The van der Waals surface area contributed by atoms with Gasteiger partial charge in [0.1, 0.15) is 0 Å². The van der Waals surface area contributed by atoms with E-state index in [9.17, 15) is 9.59 Å². The fourth-order valence-electron chi connectivity index (χ4n) is 1.07. The molecule has 100 valence electrons. The monoisotopic (exact) mass is 246 g/mol. The van der Waals surface area contributed by atoms with E-state index < -0.39 is 18.0 Å². The number of rotatable bonds is 9. The molecule has 0 aromatic heterocycles. The molecule has 0 fully saturated rings. The highest BCUT2D eigenvalue weighted by Gasteiger charge is 2.29. The Morgan fingerprint density at radius 1 is 0.941 bits per heavy atom. The molecule has 0 radical (unpaired) electrons. The zero-order valence-electron chi connectivity index (χ0n) is 10.9. The summed E-state index contributed by atoms with van der Waals surface area (Å²) in [5, 5.41) is 0. The van der Waals surface area contributed by atoms with E-state index in [2.05, 4.69) is 0 Å². The summed E-state index contributed by atoms with van der Waals surface area (Å²) in [5.74, 6) is -1.36. The molecule has 0 spiro atoms. The van der Waals surface area contributed by atoms with Crippen LogP contribution in [0.25, 0.3) is 0 Å². The molecule has 0 bridgehead atoms. The molecule has 0 saturated carbocycles. The van der Waals surface area contributed by atoms with Crippen molar-refractivity contribution in [1.29, 1.82) is 0 Å². The van der Waals surface area contributed by atoms with Crippen LogP contribution in [-0.4, -0.2) is 38.4 Å². The van der Waals surface area contributed by atoms with Crippen LogP contribution < -0.4 is 0 Å². The Balaban J connectivity index is 4.01. The van der Waals surface area contributed by atoms with Crippen molar-refractivity contribution in [3.05, 3.63) is 0 Å². The van der Waals surface area contributed by atoms with Crippen LogP contribution in [0.2, 0.25) is 0 Å². The van der Waals surface area contributed by atoms with Gasteiger partial charge < -0.3 is 14.2 Å². The number of hydrogen-bond acceptors (Lipinski definition) is 5. The molecule has 0 aromatic rings. The maximum absolute atomic E-state index is 11.5. The van der Waals surface area contributed by atoms with E-state index in [1.165, 1.54) is 7.11 Å². The fraction of sp³-hybridized carbons (Fsp3) is 0.833. The first kappa shape index (κ1) is 15.9. The number of hydrogen-bond donors (Lipinski definition) is 0. The second kappa shape index (κ2) is 10.1. The molecular weight excluding hydrogens is 224 g/mol. The Labute approximate surface area is 102 Å². The van der Waals surface area contributed by atoms with Crippen molar-refractivity contribution >= 4 is 11.9 Å². The van der Waals surface area contributed by atoms with Gasteiger partial charge in [0.15, 0.2) is 0 Å². The number of methoxy groups -OCH3 is 1. The van der Waals surface area contributed by atoms with Gasteiger partial charge in [-0.25, -0.2) is 9.59 Å². The minimum Gasteiger partial charge on any atom is -0.463 e. The van der Waals surface area contributed by atoms with Gasteiger partial charge in [-0.3, -0.25) is 0 Å². The molecule has 0 atom stereocenters. The van der Waals surface area contributed by atoms with Crippen molar-refractivity contribution in [3.63, 3.8) is 0 Å². The fourth-order valence-corrected chi connectivity index (χ4v) is 1.07. The SMILES string of the molecule is CCCCOC(=O)C(OC)C(=O)OCCCC. The third-order valence-corrected chi connectivity index (χ3v) is 2.15. The highest BCUT2D eigenvalue weighted by atomic mass is 16.6. The lowest BCUT2D eigenvalue weighted by molar-refractivity contribution is -0.171. The normalized spacial score (nSPS) is 10.4. The number of carbonyl (C=O) groups is 2. The molecule has 0 aromatic carbocycles. The second-order valence-electron chi connectivity index (χ2n) is 3.66. The Morgan fingerprint density at radius 3 is 1.65 bits per heavy atom. The van der Waals surface area contributed by atoms with Crippen molar-refractivity contribution in [3.8, 4) is 0 Å². The predicted octanol–water partition coefficient (Wildman–Crippen LogP) is 1.69. The van der Waals surface area contributed by atoms with E-state index in [4.69, 9.17) is 14.2 Å². The largest absolute Gasteiger partial charge is 0.463 e. The van der Waals surface area contributed by atoms with Gasteiger partial charge in [-0.05, 0) is 12.8 Å². The molecule has 0 saturated heterocycles. The maximum Gasteiger partial charge on any atom is 0.347 e. The van der Waals surface area contributed by atoms with Crippen LogP contribution in [0.1, 0.15) is 39.5 Å². The summed E-state index contributed by atoms with van der Waals surface area (Å²) < 4.78 is 14.6. The minimum atomic E-state index is -1.26. The summed E-state index contributed by atoms with van der Waals surface area (Å²) in [6.07, 6.45) is 2.13. The number of unbranched alkanes of at least 4 members (excludes halogenated alkanes) is 2. The zero-order valence-corrected chi connectivity index (χ0v) is 10.9. The quantitative estimate of drug-likeness (QED) is 0.352. The van der Waals surface area contributed by atoms with Crippen LogP contribution in [0.5, 0.6) is 0 Å². The molecule has 0 unspecified atom stereocenters. The van der Waals surface area contributed by atoms with E-state index in [-0.39, 0.29) is 0 Å². The molecule has 0 aliphatic carbocycles. The highest BCUT2D eigenvalue weighted by Crippen LogP contribution is 2.01. The highest BCUT2D eigenvalue weighted by molar-refractivity contribution is 5.98. The first-order valence-electron chi connectivity index (χ1n) is 6.03. The van der Waals surface area contributed by atoms with Gasteiger partial charge in [0.25, 0.3) is 6.10 Å². The lowest BCUT2D eigenvalue weighted by Gasteiger charge is -2.13. The number of ether oxygens (including phenoxy) is 3. The van der Waals surface area contributed by atoms with E-state index in [1.807, 2.05) is 13.8 Å². The molecule has 0 rings (SSSR count). The average Bonchev–Trinajstić information content (AvgIpc) is 2.30. The van der Waals surface area contributed by atoms with Crippen LogP contribution in [0, 0.1) is 0 Å². The van der Waals surface area contributed by atoms with Gasteiger partial charge in [0.2, 0.25) is 0 Å². The zero-order chi connectivity index (χ0) is 13.1. The van der Waals surface area contributed by atoms with E-state index in [0.29, 0.717) is 13.2 Å². The summed E-state index contributed by atoms with van der Waals surface area (Å²) in [6, 6.07) is 0. The minimum absolute atomic E-state index is 0.303. The van der Waals surface area contributed by atoms with Crippen LogP contribution in [-0.2, 0) is 23.8 Å². The Kier molecular flexibility index (Phi) is 9.43. The summed E-state index contributed by atoms with van der Waals surface area (Å²) >= 11 is 0. The predicted molar refractivity (Wildman–Crippen MR) is 62.5 cm³/mol. The van der Waals surface area contributed by atoms with Gasteiger partial charge in [-0.15, -0.1) is 0 Å². The molecular formula is C12H22O5. The molecule has 0 aliphatic rings. The average molecular weight is 246 g/mol. The standard InChI is InChI=1S/C12H22O5/c1-4-6-8-16-11(13)10(15-3)12(14)17-9-7-5-2/h10H,4-9H2,1-3H3. The van der Waals surface area contributed by atoms with Crippen LogP contribution >= 0.6 is 0 Å². The molecule has 0 aliphatic heterocycles. The molecule has 17 heavy (non-hydrogen) atoms. The van der Waals surface area contributed by atoms with Gasteiger partial charge >= 0.3 is 11.9 Å².